The standard InChI is InChI=1S/C8H6F2N4O2/c9-7(10)16-6-3-1-5(2-4-6)14-8(15)11-12-13-14/h1-4,7H,(H,11,13,15). The molecule has 8 heteroatoms. The van der Waals surface area contributed by atoms with E-state index in [1.807, 2.05) is 0 Å². The van der Waals surface area contributed by atoms with Gasteiger partial charge in [0.05, 0.1) is 5.69 Å². The van der Waals surface area contributed by atoms with E-state index in [1.54, 1.807) is 0 Å². The van der Waals surface area contributed by atoms with E-state index in [4.69, 9.17) is 0 Å². The Balaban J connectivity index is 2.26. The van der Waals surface area contributed by atoms with Gasteiger partial charge in [0, 0.05) is 0 Å². The molecule has 0 aliphatic carbocycles. The highest BCUT2D eigenvalue weighted by Crippen LogP contribution is 2.15. The maximum Gasteiger partial charge on any atom is 0.387 e. The molecule has 0 unspecified atom stereocenters. The zero-order chi connectivity index (χ0) is 11.5. The van der Waals surface area contributed by atoms with Crippen LogP contribution in [0.4, 0.5) is 8.78 Å². The lowest BCUT2D eigenvalue weighted by Gasteiger charge is -2.04. The molecule has 84 valence electrons. The fraction of sp³-hybridized carbons (Fsp3) is 0.125. The number of halogens is 2. The van der Waals surface area contributed by atoms with Gasteiger partial charge in [0.25, 0.3) is 0 Å². The van der Waals surface area contributed by atoms with E-state index in [2.05, 4.69) is 20.3 Å². The topological polar surface area (TPSA) is 72.8 Å². The summed E-state index contributed by atoms with van der Waals surface area (Å²) >= 11 is 0. The molecule has 0 fully saturated rings. The first kappa shape index (κ1) is 10.3. The number of alkyl halides is 2. The molecule has 0 aliphatic heterocycles. The van der Waals surface area contributed by atoms with Gasteiger partial charge in [0.1, 0.15) is 5.75 Å². The van der Waals surface area contributed by atoms with Crippen LogP contribution in [-0.4, -0.2) is 26.8 Å². The molecule has 6 nitrogen and oxygen atoms in total. The molecule has 0 amide bonds. The summed E-state index contributed by atoms with van der Waals surface area (Å²) < 4.78 is 28.9. The van der Waals surface area contributed by atoms with Gasteiger partial charge < -0.3 is 4.74 Å². The van der Waals surface area contributed by atoms with Crippen molar-refractivity contribution in [2.45, 2.75) is 6.61 Å². The predicted octanol–water partition coefficient (Wildman–Crippen LogP) is 0.557. The Kier molecular flexibility index (Phi) is 2.63. The van der Waals surface area contributed by atoms with Crippen LogP contribution in [0.25, 0.3) is 5.69 Å². The molecule has 0 aliphatic rings. The number of hydrogen-bond acceptors (Lipinski definition) is 4. The third-order valence-corrected chi connectivity index (χ3v) is 1.78. The van der Waals surface area contributed by atoms with Gasteiger partial charge in [0.2, 0.25) is 0 Å². The summed E-state index contributed by atoms with van der Waals surface area (Å²) in [4.78, 5) is 11.1. The normalized spacial score (nSPS) is 10.7. The maximum atomic E-state index is 11.9. The van der Waals surface area contributed by atoms with Crippen LogP contribution in [0, 0.1) is 0 Å². The molecule has 2 rings (SSSR count). The smallest absolute Gasteiger partial charge is 0.387 e. The van der Waals surface area contributed by atoms with Crippen molar-refractivity contribution in [3.05, 3.63) is 34.7 Å². The average Bonchev–Trinajstić information content (AvgIpc) is 2.65. The molecule has 1 heterocycles. The van der Waals surface area contributed by atoms with E-state index < -0.39 is 12.3 Å². The number of aromatic nitrogens is 4. The van der Waals surface area contributed by atoms with Gasteiger partial charge in [-0.3, -0.25) is 0 Å². The minimum atomic E-state index is -2.87. The van der Waals surface area contributed by atoms with Crippen LogP contribution in [0.1, 0.15) is 0 Å². The molecule has 0 spiro atoms. The molecule has 1 N–H and O–H groups in total. The monoisotopic (exact) mass is 228 g/mol. The highest BCUT2D eigenvalue weighted by atomic mass is 19.3. The zero-order valence-corrected chi connectivity index (χ0v) is 7.80. The summed E-state index contributed by atoms with van der Waals surface area (Å²) in [6, 6.07) is 5.45. The number of rotatable bonds is 3. The summed E-state index contributed by atoms with van der Waals surface area (Å²) in [6.07, 6.45) is 0. The lowest BCUT2D eigenvalue weighted by molar-refractivity contribution is -0.0498. The van der Waals surface area contributed by atoms with Crippen LogP contribution >= 0.6 is 0 Å². The first-order valence-corrected chi connectivity index (χ1v) is 4.22. The Morgan fingerprint density at radius 3 is 2.50 bits per heavy atom. The second-order valence-electron chi connectivity index (χ2n) is 2.79. The molecule has 1 aromatic carbocycles. The van der Waals surface area contributed by atoms with Gasteiger partial charge in [-0.1, -0.05) is 0 Å². The molecule has 0 atom stereocenters. The second kappa shape index (κ2) is 4.09. The van der Waals surface area contributed by atoms with Crippen LogP contribution in [0.5, 0.6) is 5.75 Å². The van der Waals surface area contributed by atoms with Crippen LogP contribution in [0.15, 0.2) is 29.1 Å². The van der Waals surface area contributed by atoms with Crippen molar-refractivity contribution >= 4 is 0 Å². The highest BCUT2D eigenvalue weighted by molar-refractivity contribution is 5.36. The van der Waals surface area contributed by atoms with Crippen molar-refractivity contribution in [1.82, 2.24) is 20.2 Å². The van der Waals surface area contributed by atoms with Crippen molar-refractivity contribution < 1.29 is 13.5 Å². The lowest BCUT2D eigenvalue weighted by atomic mass is 10.3. The van der Waals surface area contributed by atoms with E-state index in [9.17, 15) is 13.6 Å². The second-order valence-corrected chi connectivity index (χ2v) is 2.79. The van der Waals surface area contributed by atoms with Gasteiger partial charge in [-0.15, -0.1) is 0 Å². The molecule has 0 bridgehead atoms. The van der Waals surface area contributed by atoms with Gasteiger partial charge in [-0.05, 0) is 34.7 Å². The Bertz CT molecular complexity index is 519. The molecule has 0 saturated carbocycles. The molecule has 0 radical (unpaired) electrons. The third-order valence-electron chi connectivity index (χ3n) is 1.78. The Morgan fingerprint density at radius 1 is 1.31 bits per heavy atom. The summed E-state index contributed by atoms with van der Waals surface area (Å²) in [5, 5.41) is 8.89. The molecular weight excluding hydrogens is 222 g/mol. The van der Waals surface area contributed by atoms with Crippen molar-refractivity contribution in [3.8, 4) is 11.4 Å². The molecule has 0 saturated heterocycles. The number of tetrazole rings is 1. The van der Waals surface area contributed by atoms with E-state index in [-0.39, 0.29) is 5.75 Å². The SMILES string of the molecule is O=c1[nH]nnn1-c1ccc(OC(F)F)cc1. The number of H-pyrrole nitrogens is 1. The number of aromatic amines is 1. The summed E-state index contributed by atoms with van der Waals surface area (Å²) in [7, 11) is 0. The van der Waals surface area contributed by atoms with Crippen LogP contribution in [0.2, 0.25) is 0 Å². The maximum absolute atomic E-state index is 11.9. The van der Waals surface area contributed by atoms with Crippen molar-refractivity contribution in [2.75, 3.05) is 0 Å². The summed E-state index contributed by atoms with van der Waals surface area (Å²) in [5.74, 6) is 0.00953. The van der Waals surface area contributed by atoms with Crippen LogP contribution in [-0.2, 0) is 0 Å². The van der Waals surface area contributed by atoms with Crippen molar-refractivity contribution in [2.24, 2.45) is 0 Å². The van der Waals surface area contributed by atoms with Gasteiger partial charge in [-0.25, -0.2) is 9.89 Å². The third kappa shape index (κ3) is 2.05. The predicted molar refractivity (Wildman–Crippen MR) is 48.6 cm³/mol. The fourth-order valence-corrected chi connectivity index (χ4v) is 1.14. The van der Waals surface area contributed by atoms with Gasteiger partial charge in [-0.2, -0.15) is 13.5 Å². The number of benzene rings is 1. The highest BCUT2D eigenvalue weighted by Gasteiger charge is 2.06. The summed E-state index contributed by atoms with van der Waals surface area (Å²) in [6.45, 7) is -2.87. The molecule has 16 heavy (non-hydrogen) atoms. The minimum Gasteiger partial charge on any atom is -0.435 e. The zero-order valence-electron chi connectivity index (χ0n) is 7.80. The number of nitrogens with zero attached hydrogens (tertiary/aromatic N) is 3. The van der Waals surface area contributed by atoms with Crippen molar-refractivity contribution in [3.63, 3.8) is 0 Å². The average molecular weight is 228 g/mol. The molecule has 2 aromatic rings. The van der Waals surface area contributed by atoms with Crippen LogP contribution in [0.3, 0.4) is 0 Å². The lowest BCUT2D eigenvalue weighted by Crippen LogP contribution is -2.15. The number of hydrogen-bond donors (Lipinski definition) is 1. The first-order chi connectivity index (χ1) is 7.66. The van der Waals surface area contributed by atoms with Crippen LogP contribution < -0.4 is 10.4 Å². The van der Waals surface area contributed by atoms with Gasteiger partial charge in [0.15, 0.2) is 0 Å². The quantitative estimate of drug-likeness (QED) is 0.832. The Morgan fingerprint density at radius 2 is 2.00 bits per heavy atom. The molecule has 1 aromatic heterocycles. The Labute approximate surface area is 87.4 Å². The fourth-order valence-electron chi connectivity index (χ4n) is 1.14. The largest absolute Gasteiger partial charge is 0.435 e. The number of ether oxygens (including phenoxy) is 1. The van der Waals surface area contributed by atoms with Crippen molar-refractivity contribution in [1.29, 1.82) is 0 Å². The Hall–Kier alpha value is -2.25. The van der Waals surface area contributed by atoms with E-state index in [0.29, 0.717) is 5.69 Å². The van der Waals surface area contributed by atoms with Gasteiger partial charge >= 0.3 is 12.3 Å². The summed E-state index contributed by atoms with van der Waals surface area (Å²) in [5.41, 5.74) is -0.108. The van der Waals surface area contributed by atoms with E-state index in [0.717, 1.165) is 4.68 Å². The van der Waals surface area contributed by atoms with E-state index >= 15 is 0 Å². The minimum absolute atomic E-state index is 0.00953. The first-order valence-electron chi connectivity index (χ1n) is 4.22. The number of nitrogens with one attached hydrogen (secondary N) is 1. The van der Waals surface area contributed by atoms with E-state index in [1.165, 1.54) is 24.3 Å². The molecular formula is C8H6F2N4O2.